The van der Waals surface area contributed by atoms with Gasteiger partial charge in [-0.1, -0.05) is 36.4 Å². The Morgan fingerprint density at radius 2 is 1.70 bits per heavy atom. The van der Waals surface area contributed by atoms with Gasteiger partial charge in [-0.3, -0.25) is 9.69 Å². The van der Waals surface area contributed by atoms with E-state index in [0.717, 1.165) is 4.90 Å². The van der Waals surface area contributed by atoms with Gasteiger partial charge in [0.25, 0.3) is 11.8 Å². The molecular weight excluding hydrogens is 436 g/mol. The fraction of sp³-hybridized carbons (Fsp3) is 0.217. The van der Waals surface area contributed by atoms with Gasteiger partial charge in [0.15, 0.2) is 6.10 Å². The standard InChI is InChI=1S/C23H19F2N3O5/c24-23(25)13-19(33-17(23)14-32-21(30)16-9-5-2-6-10-16)28(18-11-12-26-22(31)27-18)20(29)15-7-3-1-4-8-15/h1-12,17,19H,13-14H2,(H,26,27,31)/t17-,19+/m0/s1. The predicted molar refractivity (Wildman–Crippen MR) is 113 cm³/mol. The largest absolute Gasteiger partial charge is 0.459 e. The van der Waals surface area contributed by atoms with Gasteiger partial charge in [0, 0.05) is 11.8 Å². The summed E-state index contributed by atoms with van der Waals surface area (Å²) in [7, 11) is 0. The molecule has 2 atom stereocenters. The smallest absolute Gasteiger partial charge is 0.346 e. The highest BCUT2D eigenvalue weighted by atomic mass is 19.3. The minimum Gasteiger partial charge on any atom is -0.459 e. The molecule has 1 aliphatic rings. The highest BCUT2D eigenvalue weighted by Crippen LogP contribution is 2.39. The molecule has 33 heavy (non-hydrogen) atoms. The first-order chi connectivity index (χ1) is 15.8. The lowest BCUT2D eigenvalue weighted by atomic mass is 10.1. The van der Waals surface area contributed by atoms with E-state index in [0.29, 0.717) is 0 Å². The maximum atomic E-state index is 14.8. The molecule has 0 saturated carbocycles. The predicted octanol–water partition coefficient (Wildman–Crippen LogP) is 3.02. The lowest BCUT2D eigenvalue weighted by molar-refractivity contribution is -0.0974. The number of rotatable bonds is 6. The van der Waals surface area contributed by atoms with Crippen LogP contribution in [0.2, 0.25) is 0 Å². The van der Waals surface area contributed by atoms with Gasteiger partial charge < -0.3 is 14.5 Å². The van der Waals surface area contributed by atoms with Gasteiger partial charge in [-0.15, -0.1) is 0 Å². The van der Waals surface area contributed by atoms with Gasteiger partial charge in [0.1, 0.15) is 18.7 Å². The van der Waals surface area contributed by atoms with E-state index >= 15 is 0 Å². The lowest BCUT2D eigenvalue weighted by Gasteiger charge is -2.27. The number of benzene rings is 2. The monoisotopic (exact) mass is 455 g/mol. The number of aromatic amines is 1. The number of nitrogens with one attached hydrogen (secondary N) is 1. The second-order valence-electron chi connectivity index (χ2n) is 7.30. The van der Waals surface area contributed by atoms with Gasteiger partial charge in [-0.25, -0.2) is 18.4 Å². The van der Waals surface area contributed by atoms with E-state index in [4.69, 9.17) is 9.47 Å². The van der Waals surface area contributed by atoms with Crippen molar-refractivity contribution in [2.24, 2.45) is 0 Å². The van der Waals surface area contributed by atoms with Crippen molar-refractivity contribution in [1.29, 1.82) is 0 Å². The third-order valence-electron chi connectivity index (χ3n) is 5.04. The molecule has 2 heterocycles. The van der Waals surface area contributed by atoms with Crippen LogP contribution >= 0.6 is 0 Å². The summed E-state index contributed by atoms with van der Waals surface area (Å²) >= 11 is 0. The Balaban J connectivity index is 1.57. The van der Waals surface area contributed by atoms with Crippen LogP contribution in [0.15, 0.2) is 77.7 Å². The molecule has 1 aromatic heterocycles. The summed E-state index contributed by atoms with van der Waals surface area (Å²) in [6.07, 6.45) is -2.85. The molecule has 1 saturated heterocycles. The van der Waals surface area contributed by atoms with Crippen molar-refractivity contribution < 1.29 is 27.8 Å². The van der Waals surface area contributed by atoms with Crippen molar-refractivity contribution in [1.82, 2.24) is 9.97 Å². The van der Waals surface area contributed by atoms with Crippen molar-refractivity contribution in [3.05, 3.63) is 94.5 Å². The van der Waals surface area contributed by atoms with Crippen LogP contribution in [-0.2, 0) is 9.47 Å². The Morgan fingerprint density at radius 1 is 1.06 bits per heavy atom. The van der Waals surface area contributed by atoms with Crippen LogP contribution in [0.3, 0.4) is 0 Å². The number of halogens is 2. The normalized spacial score (nSPS) is 19.1. The number of hydrogen-bond acceptors (Lipinski definition) is 6. The summed E-state index contributed by atoms with van der Waals surface area (Å²) < 4.78 is 40.1. The third-order valence-corrected chi connectivity index (χ3v) is 5.04. The quantitative estimate of drug-likeness (QED) is 0.574. The number of amides is 1. The van der Waals surface area contributed by atoms with Crippen LogP contribution in [0.5, 0.6) is 0 Å². The number of esters is 1. The average molecular weight is 455 g/mol. The topological polar surface area (TPSA) is 102 Å². The minimum atomic E-state index is -3.40. The number of nitrogens with zero attached hydrogens (tertiary/aromatic N) is 2. The molecule has 1 amide bonds. The third kappa shape index (κ3) is 4.96. The average Bonchev–Trinajstić information content (AvgIpc) is 3.12. The number of aromatic nitrogens is 2. The van der Waals surface area contributed by atoms with Crippen LogP contribution in [-0.4, -0.2) is 46.7 Å². The second-order valence-corrected chi connectivity index (χ2v) is 7.30. The van der Waals surface area contributed by atoms with E-state index < -0.39 is 48.8 Å². The Labute approximate surface area is 186 Å². The molecule has 0 radical (unpaired) electrons. The van der Waals surface area contributed by atoms with Crippen molar-refractivity contribution >= 4 is 17.7 Å². The SMILES string of the molecule is O=C(OC[C@@H]1O[C@@H](N(C(=O)c2ccccc2)c2cc[nH]c(=O)n2)CC1(F)F)c1ccccc1. The number of alkyl halides is 2. The first kappa shape index (κ1) is 22.3. The highest BCUT2D eigenvalue weighted by molar-refractivity contribution is 6.05. The van der Waals surface area contributed by atoms with E-state index in [1.54, 1.807) is 36.4 Å². The highest BCUT2D eigenvalue weighted by Gasteiger charge is 2.53. The first-order valence-electron chi connectivity index (χ1n) is 10.0. The van der Waals surface area contributed by atoms with E-state index in [2.05, 4.69) is 9.97 Å². The molecule has 0 spiro atoms. The van der Waals surface area contributed by atoms with Crippen LogP contribution in [0.4, 0.5) is 14.6 Å². The summed E-state index contributed by atoms with van der Waals surface area (Å²) in [6.45, 7) is -0.715. The maximum Gasteiger partial charge on any atom is 0.346 e. The summed E-state index contributed by atoms with van der Waals surface area (Å²) in [4.78, 5) is 44.0. The zero-order chi connectivity index (χ0) is 23.4. The number of carbonyl (C=O) groups is 2. The Morgan fingerprint density at radius 3 is 2.33 bits per heavy atom. The zero-order valence-corrected chi connectivity index (χ0v) is 17.2. The Kier molecular flexibility index (Phi) is 6.27. The van der Waals surface area contributed by atoms with Gasteiger partial charge in [-0.05, 0) is 30.3 Å². The van der Waals surface area contributed by atoms with Crippen LogP contribution < -0.4 is 10.6 Å². The molecule has 3 aromatic rings. The van der Waals surface area contributed by atoms with Crippen LogP contribution in [0.1, 0.15) is 27.1 Å². The van der Waals surface area contributed by atoms with Crippen LogP contribution in [0.25, 0.3) is 0 Å². The zero-order valence-electron chi connectivity index (χ0n) is 17.2. The first-order valence-corrected chi connectivity index (χ1v) is 10.0. The van der Waals surface area contributed by atoms with E-state index in [9.17, 15) is 23.2 Å². The summed E-state index contributed by atoms with van der Waals surface area (Å²) in [6, 6.07) is 17.2. The number of anilines is 1. The Hall–Kier alpha value is -3.92. The van der Waals surface area contributed by atoms with Gasteiger partial charge in [-0.2, -0.15) is 4.98 Å². The van der Waals surface area contributed by atoms with E-state index in [1.165, 1.54) is 36.5 Å². The maximum absolute atomic E-state index is 14.8. The number of H-pyrrole nitrogens is 1. The molecule has 170 valence electrons. The van der Waals surface area contributed by atoms with Crippen molar-refractivity contribution in [2.75, 3.05) is 11.5 Å². The Bertz CT molecular complexity index is 1190. The van der Waals surface area contributed by atoms with E-state index in [-0.39, 0.29) is 16.9 Å². The number of hydrogen-bond donors (Lipinski definition) is 1. The molecular formula is C23H19F2N3O5. The van der Waals surface area contributed by atoms with Crippen molar-refractivity contribution in [2.45, 2.75) is 24.7 Å². The van der Waals surface area contributed by atoms with Crippen molar-refractivity contribution in [3.8, 4) is 0 Å². The van der Waals surface area contributed by atoms with Gasteiger partial charge >= 0.3 is 11.7 Å². The molecule has 0 unspecified atom stereocenters. The van der Waals surface area contributed by atoms with Crippen molar-refractivity contribution in [3.63, 3.8) is 0 Å². The molecule has 2 aromatic carbocycles. The number of ether oxygens (including phenoxy) is 2. The fourth-order valence-electron chi connectivity index (χ4n) is 3.42. The molecule has 8 nitrogen and oxygen atoms in total. The summed E-state index contributed by atoms with van der Waals surface area (Å²) in [5.74, 6) is -4.99. The van der Waals surface area contributed by atoms with E-state index in [1.807, 2.05) is 0 Å². The molecule has 1 aliphatic heterocycles. The summed E-state index contributed by atoms with van der Waals surface area (Å²) in [5.41, 5.74) is -0.342. The lowest BCUT2D eigenvalue weighted by Crippen LogP contribution is -2.42. The molecule has 0 bridgehead atoms. The molecule has 4 rings (SSSR count). The summed E-state index contributed by atoms with van der Waals surface area (Å²) in [5, 5.41) is 0. The fourth-order valence-corrected chi connectivity index (χ4v) is 3.42. The molecule has 0 aliphatic carbocycles. The van der Waals surface area contributed by atoms with Crippen LogP contribution in [0, 0.1) is 0 Å². The number of carbonyl (C=O) groups excluding carboxylic acids is 2. The second kappa shape index (κ2) is 9.29. The van der Waals surface area contributed by atoms with Gasteiger partial charge in [0.05, 0.1) is 12.0 Å². The molecule has 1 fully saturated rings. The minimum absolute atomic E-state index is 0.143. The van der Waals surface area contributed by atoms with Gasteiger partial charge in [0.2, 0.25) is 0 Å². The molecule has 1 N–H and O–H groups in total. The molecule has 10 heteroatoms.